The Morgan fingerprint density at radius 2 is 2.07 bits per heavy atom. The fraction of sp³-hybridized carbons (Fsp3) is 0.583. The van der Waals surface area contributed by atoms with Crippen molar-refractivity contribution in [2.45, 2.75) is 39.7 Å². The van der Waals surface area contributed by atoms with E-state index in [-0.39, 0.29) is 5.54 Å². The Morgan fingerprint density at radius 3 is 2.60 bits per heavy atom. The molecule has 1 rings (SSSR count). The largest absolute Gasteiger partial charge is 0.497 e. The number of rotatable bonds is 4. The first-order valence-corrected chi connectivity index (χ1v) is 5.27. The summed E-state index contributed by atoms with van der Waals surface area (Å²) in [6.07, 6.45) is 1.05. The van der Waals surface area contributed by atoms with Crippen LogP contribution in [0.4, 0.5) is 5.82 Å². The number of anilines is 1. The predicted molar refractivity (Wildman–Crippen MR) is 63.5 cm³/mol. The fourth-order valence-electron chi connectivity index (χ4n) is 1.25. The Balaban J connectivity index is 2.90. The van der Waals surface area contributed by atoms with Gasteiger partial charge in [-0.3, -0.25) is 0 Å². The molecule has 3 nitrogen and oxygen atoms in total. The second kappa shape index (κ2) is 4.51. The lowest BCUT2D eigenvalue weighted by molar-refractivity contribution is 0.413. The first-order valence-electron chi connectivity index (χ1n) is 5.27. The molecule has 84 valence electrons. The van der Waals surface area contributed by atoms with E-state index in [1.165, 1.54) is 0 Å². The summed E-state index contributed by atoms with van der Waals surface area (Å²) in [7, 11) is 1.67. The average molecular weight is 208 g/mol. The van der Waals surface area contributed by atoms with Gasteiger partial charge in [0.1, 0.15) is 11.6 Å². The summed E-state index contributed by atoms with van der Waals surface area (Å²) in [6.45, 7) is 8.43. The summed E-state index contributed by atoms with van der Waals surface area (Å²) in [4.78, 5) is 4.42. The molecule has 0 saturated heterocycles. The zero-order chi connectivity index (χ0) is 11.5. The molecule has 1 heterocycles. The van der Waals surface area contributed by atoms with Gasteiger partial charge in [-0.1, -0.05) is 6.92 Å². The van der Waals surface area contributed by atoms with Crippen molar-refractivity contribution in [3.05, 3.63) is 17.8 Å². The first kappa shape index (κ1) is 11.8. The van der Waals surface area contributed by atoms with Crippen LogP contribution >= 0.6 is 0 Å². The van der Waals surface area contributed by atoms with Crippen LogP contribution in [0.25, 0.3) is 0 Å². The summed E-state index contributed by atoms with van der Waals surface area (Å²) in [5.41, 5.74) is 1.02. The van der Waals surface area contributed by atoms with Crippen LogP contribution in [0.15, 0.2) is 12.1 Å². The van der Waals surface area contributed by atoms with E-state index in [9.17, 15) is 0 Å². The number of methoxy groups -OCH3 is 1. The van der Waals surface area contributed by atoms with Gasteiger partial charge in [-0.25, -0.2) is 4.98 Å². The summed E-state index contributed by atoms with van der Waals surface area (Å²) in [5, 5.41) is 3.39. The highest BCUT2D eigenvalue weighted by Crippen LogP contribution is 2.21. The zero-order valence-corrected chi connectivity index (χ0v) is 10.2. The van der Waals surface area contributed by atoms with Gasteiger partial charge < -0.3 is 10.1 Å². The average Bonchev–Trinajstić information content (AvgIpc) is 2.16. The van der Waals surface area contributed by atoms with Crippen LogP contribution in [-0.2, 0) is 0 Å². The van der Waals surface area contributed by atoms with Crippen molar-refractivity contribution in [2.75, 3.05) is 12.4 Å². The standard InChI is InChI=1S/C12H20N2O/c1-6-12(3,4)14-11-8-10(15-5)7-9(2)13-11/h7-8H,6H2,1-5H3,(H,13,14). The van der Waals surface area contributed by atoms with Gasteiger partial charge in [0.25, 0.3) is 0 Å². The molecule has 0 amide bonds. The van der Waals surface area contributed by atoms with Crippen LogP contribution in [0.2, 0.25) is 0 Å². The van der Waals surface area contributed by atoms with E-state index >= 15 is 0 Å². The lowest BCUT2D eigenvalue weighted by Crippen LogP contribution is -2.30. The topological polar surface area (TPSA) is 34.1 Å². The minimum atomic E-state index is 0.0613. The number of hydrogen-bond donors (Lipinski definition) is 1. The molecule has 0 unspecified atom stereocenters. The number of ether oxygens (including phenoxy) is 1. The lowest BCUT2D eigenvalue weighted by atomic mass is 10.0. The molecular formula is C12H20N2O. The van der Waals surface area contributed by atoms with E-state index in [1.807, 2.05) is 19.1 Å². The third-order valence-electron chi connectivity index (χ3n) is 2.51. The Morgan fingerprint density at radius 1 is 1.40 bits per heavy atom. The summed E-state index contributed by atoms with van der Waals surface area (Å²) >= 11 is 0. The second-order valence-electron chi connectivity index (χ2n) is 4.40. The van der Waals surface area contributed by atoms with Crippen molar-refractivity contribution < 1.29 is 4.74 Å². The summed E-state index contributed by atoms with van der Waals surface area (Å²) in [5.74, 6) is 1.72. The van der Waals surface area contributed by atoms with Crippen LogP contribution < -0.4 is 10.1 Å². The number of nitrogens with zero attached hydrogens (tertiary/aromatic N) is 1. The minimum absolute atomic E-state index is 0.0613. The number of hydrogen-bond acceptors (Lipinski definition) is 3. The van der Waals surface area contributed by atoms with Gasteiger partial charge in [-0.2, -0.15) is 0 Å². The molecule has 1 aromatic rings. The van der Waals surface area contributed by atoms with E-state index in [0.717, 1.165) is 23.7 Å². The summed E-state index contributed by atoms with van der Waals surface area (Å²) in [6, 6.07) is 3.84. The second-order valence-corrected chi connectivity index (χ2v) is 4.40. The van der Waals surface area contributed by atoms with Gasteiger partial charge in [0.15, 0.2) is 0 Å². The molecule has 1 N–H and O–H groups in total. The van der Waals surface area contributed by atoms with Gasteiger partial charge in [-0.15, -0.1) is 0 Å². The monoisotopic (exact) mass is 208 g/mol. The fourth-order valence-corrected chi connectivity index (χ4v) is 1.25. The SMILES string of the molecule is CCC(C)(C)Nc1cc(OC)cc(C)n1. The third kappa shape index (κ3) is 3.42. The van der Waals surface area contributed by atoms with Gasteiger partial charge in [0.2, 0.25) is 0 Å². The highest BCUT2D eigenvalue weighted by Gasteiger charge is 2.15. The predicted octanol–water partition coefficient (Wildman–Crippen LogP) is 3.00. The molecule has 0 aromatic carbocycles. The maximum atomic E-state index is 5.20. The van der Waals surface area contributed by atoms with E-state index in [0.29, 0.717) is 0 Å². The van der Waals surface area contributed by atoms with Gasteiger partial charge in [0, 0.05) is 23.4 Å². The number of pyridine rings is 1. The first-order chi connectivity index (χ1) is 6.96. The molecule has 0 atom stereocenters. The van der Waals surface area contributed by atoms with E-state index < -0.39 is 0 Å². The highest BCUT2D eigenvalue weighted by atomic mass is 16.5. The Hall–Kier alpha value is -1.25. The Labute approximate surface area is 91.9 Å². The van der Waals surface area contributed by atoms with Crippen LogP contribution in [0.1, 0.15) is 32.9 Å². The van der Waals surface area contributed by atoms with Crippen molar-refractivity contribution in [3.8, 4) is 5.75 Å². The molecule has 0 saturated carbocycles. The maximum absolute atomic E-state index is 5.20. The molecule has 1 aromatic heterocycles. The molecule has 0 radical (unpaired) electrons. The quantitative estimate of drug-likeness (QED) is 0.826. The molecule has 0 aliphatic heterocycles. The van der Waals surface area contributed by atoms with Gasteiger partial charge in [0.05, 0.1) is 7.11 Å². The van der Waals surface area contributed by atoms with Gasteiger partial charge >= 0.3 is 0 Å². The Kier molecular flexibility index (Phi) is 3.56. The van der Waals surface area contributed by atoms with E-state index in [1.54, 1.807) is 7.11 Å². The molecular weight excluding hydrogens is 188 g/mol. The van der Waals surface area contributed by atoms with Crippen LogP contribution in [0, 0.1) is 6.92 Å². The third-order valence-corrected chi connectivity index (χ3v) is 2.51. The number of nitrogens with one attached hydrogen (secondary N) is 1. The highest BCUT2D eigenvalue weighted by molar-refractivity contribution is 5.44. The Bertz CT molecular complexity index is 334. The van der Waals surface area contributed by atoms with Crippen molar-refractivity contribution in [1.29, 1.82) is 0 Å². The van der Waals surface area contributed by atoms with Crippen molar-refractivity contribution >= 4 is 5.82 Å². The molecule has 0 fully saturated rings. The smallest absolute Gasteiger partial charge is 0.130 e. The van der Waals surface area contributed by atoms with Crippen molar-refractivity contribution in [3.63, 3.8) is 0 Å². The molecule has 0 aliphatic rings. The normalized spacial score (nSPS) is 11.3. The van der Waals surface area contributed by atoms with Crippen molar-refractivity contribution in [2.24, 2.45) is 0 Å². The van der Waals surface area contributed by atoms with Crippen LogP contribution in [0.3, 0.4) is 0 Å². The lowest BCUT2D eigenvalue weighted by Gasteiger charge is -2.25. The molecule has 3 heteroatoms. The van der Waals surface area contributed by atoms with Gasteiger partial charge in [-0.05, 0) is 27.2 Å². The number of aromatic nitrogens is 1. The molecule has 15 heavy (non-hydrogen) atoms. The summed E-state index contributed by atoms with van der Waals surface area (Å²) < 4.78 is 5.20. The molecule has 0 spiro atoms. The molecule has 0 aliphatic carbocycles. The van der Waals surface area contributed by atoms with Crippen molar-refractivity contribution in [1.82, 2.24) is 4.98 Å². The van der Waals surface area contributed by atoms with E-state index in [2.05, 4.69) is 31.1 Å². The zero-order valence-electron chi connectivity index (χ0n) is 10.2. The number of aryl methyl sites for hydroxylation is 1. The van der Waals surface area contributed by atoms with Crippen LogP contribution in [-0.4, -0.2) is 17.6 Å². The molecule has 0 bridgehead atoms. The van der Waals surface area contributed by atoms with Crippen LogP contribution in [0.5, 0.6) is 5.75 Å². The minimum Gasteiger partial charge on any atom is -0.497 e. The van der Waals surface area contributed by atoms with E-state index in [4.69, 9.17) is 4.74 Å². The maximum Gasteiger partial charge on any atom is 0.130 e.